The van der Waals surface area contributed by atoms with Gasteiger partial charge >= 0.3 is 0 Å². The van der Waals surface area contributed by atoms with E-state index < -0.39 is 11.6 Å². The summed E-state index contributed by atoms with van der Waals surface area (Å²) in [6, 6.07) is 3.87. The van der Waals surface area contributed by atoms with Gasteiger partial charge in [-0.3, -0.25) is 0 Å². The van der Waals surface area contributed by atoms with E-state index in [1.165, 1.54) is 18.2 Å². The summed E-state index contributed by atoms with van der Waals surface area (Å²) in [4.78, 5) is 0. The van der Waals surface area contributed by atoms with Crippen molar-refractivity contribution < 1.29 is 8.78 Å². The summed E-state index contributed by atoms with van der Waals surface area (Å²) in [7, 11) is 1.62. The van der Waals surface area contributed by atoms with Gasteiger partial charge in [-0.25, -0.2) is 8.78 Å². The van der Waals surface area contributed by atoms with Crippen LogP contribution in [0.5, 0.6) is 0 Å². The molecule has 0 unspecified atom stereocenters. The second kappa shape index (κ2) is 4.16. The number of hydrogen-bond acceptors (Lipinski definition) is 0. The number of nitrogens with zero attached hydrogens (tertiary/aromatic N) is 1. The Morgan fingerprint density at radius 2 is 1.83 bits per heavy atom. The van der Waals surface area contributed by atoms with Crippen molar-refractivity contribution >= 4 is 0 Å². The van der Waals surface area contributed by atoms with Gasteiger partial charge < -0.3 is 5.32 Å². The molecule has 1 aromatic rings. The first-order valence-electron chi connectivity index (χ1n) is 3.74. The average molecular weight is 170 g/mol. The Kier molecular flexibility index (Phi) is 3.17. The van der Waals surface area contributed by atoms with Crippen LogP contribution in [0, 0.1) is 11.6 Å². The van der Waals surface area contributed by atoms with Crippen molar-refractivity contribution in [2.45, 2.75) is 6.42 Å². The van der Waals surface area contributed by atoms with Crippen LogP contribution in [-0.4, -0.2) is 13.6 Å². The highest BCUT2D eigenvalue weighted by Gasteiger charge is 2.04. The molecule has 1 nitrogen and oxygen atoms in total. The largest absolute Gasteiger partial charge is 0.665 e. The van der Waals surface area contributed by atoms with Crippen molar-refractivity contribution in [1.82, 2.24) is 0 Å². The van der Waals surface area contributed by atoms with E-state index in [4.69, 9.17) is 0 Å². The summed E-state index contributed by atoms with van der Waals surface area (Å²) >= 11 is 0. The molecule has 0 N–H and O–H groups in total. The number of likely N-dealkylation sites (N-methyl/N-ethyl adjacent to an activating group) is 1. The second-order valence-corrected chi connectivity index (χ2v) is 2.49. The van der Waals surface area contributed by atoms with Gasteiger partial charge in [0.25, 0.3) is 0 Å². The number of hydrogen-bond donors (Lipinski definition) is 0. The highest BCUT2D eigenvalue weighted by atomic mass is 19.1. The van der Waals surface area contributed by atoms with Gasteiger partial charge in [-0.2, -0.15) is 7.05 Å². The van der Waals surface area contributed by atoms with E-state index in [1.54, 1.807) is 7.05 Å². The molecule has 12 heavy (non-hydrogen) atoms. The van der Waals surface area contributed by atoms with E-state index >= 15 is 0 Å². The Hall–Kier alpha value is -0.960. The predicted octanol–water partition coefficient (Wildman–Crippen LogP) is 2.51. The zero-order valence-corrected chi connectivity index (χ0v) is 6.85. The lowest BCUT2D eigenvalue weighted by Crippen LogP contribution is -1.98. The summed E-state index contributed by atoms with van der Waals surface area (Å²) in [5, 5.41) is 3.78. The first-order chi connectivity index (χ1) is 5.75. The van der Waals surface area contributed by atoms with Crippen LogP contribution in [0.1, 0.15) is 5.56 Å². The lowest BCUT2D eigenvalue weighted by molar-refractivity contribution is 0.557. The molecule has 0 atom stereocenters. The van der Waals surface area contributed by atoms with Gasteiger partial charge in [0.1, 0.15) is 11.6 Å². The second-order valence-electron chi connectivity index (χ2n) is 2.49. The van der Waals surface area contributed by atoms with E-state index in [9.17, 15) is 8.78 Å². The Morgan fingerprint density at radius 3 is 2.33 bits per heavy atom. The molecule has 0 saturated heterocycles. The molecule has 0 fully saturated rings. The molecule has 0 aromatic heterocycles. The third-order valence-corrected chi connectivity index (χ3v) is 1.65. The summed E-state index contributed by atoms with van der Waals surface area (Å²) in [6.45, 7) is 0.456. The SMILES string of the molecule is C[N-]CCc1c(F)cccc1F. The minimum atomic E-state index is -0.487. The maximum atomic E-state index is 12.9. The molecule has 0 saturated carbocycles. The molecule has 0 aliphatic rings. The van der Waals surface area contributed by atoms with Crippen molar-refractivity contribution in [3.8, 4) is 0 Å². The zero-order chi connectivity index (χ0) is 8.97. The molecule has 0 aliphatic heterocycles. The van der Waals surface area contributed by atoms with Crippen LogP contribution in [0.3, 0.4) is 0 Å². The maximum Gasteiger partial charge on any atom is 0.129 e. The normalized spacial score (nSPS) is 10.2. The van der Waals surface area contributed by atoms with Gasteiger partial charge in [0, 0.05) is 5.56 Å². The summed E-state index contributed by atoms with van der Waals surface area (Å²) in [5.74, 6) is -0.975. The number of benzene rings is 1. The van der Waals surface area contributed by atoms with Crippen LogP contribution >= 0.6 is 0 Å². The molecular weight excluding hydrogens is 160 g/mol. The van der Waals surface area contributed by atoms with Crippen molar-refractivity contribution in [2.24, 2.45) is 0 Å². The quantitative estimate of drug-likeness (QED) is 0.661. The fourth-order valence-corrected chi connectivity index (χ4v) is 0.995. The van der Waals surface area contributed by atoms with Gasteiger partial charge in [-0.1, -0.05) is 6.07 Å². The molecule has 0 spiro atoms. The summed E-state index contributed by atoms with van der Waals surface area (Å²) in [6.07, 6.45) is 0.328. The predicted molar refractivity (Wildman–Crippen MR) is 44.2 cm³/mol. The van der Waals surface area contributed by atoms with E-state index in [2.05, 4.69) is 5.32 Å². The van der Waals surface area contributed by atoms with Crippen LogP contribution in [0.15, 0.2) is 18.2 Å². The van der Waals surface area contributed by atoms with Crippen LogP contribution in [0.2, 0.25) is 0 Å². The van der Waals surface area contributed by atoms with E-state index in [0.29, 0.717) is 13.0 Å². The van der Waals surface area contributed by atoms with E-state index in [0.717, 1.165) is 0 Å². The number of halogens is 2. The molecule has 0 radical (unpaired) electrons. The topological polar surface area (TPSA) is 14.1 Å². The van der Waals surface area contributed by atoms with Gasteiger partial charge in [-0.15, -0.1) is 6.54 Å². The van der Waals surface area contributed by atoms with E-state index in [1.807, 2.05) is 0 Å². The minimum absolute atomic E-state index is 0.128. The maximum absolute atomic E-state index is 12.9. The third kappa shape index (κ3) is 2.01. The molecule has 0 heterocycles. The summed E-state index contributed by atoms with van der Waals surface area (Å²) < 4.78 is 25.8. The Balaban J connectivity index is 2.81. The highest BCUT2D eigenvalue weighted by Crippen LogP contribution is 2.12. The third-order valence-electron chi connectivity index (χ3n) is 1.65. The highest BCUT2D eigenvalue weighted by molar-refractivity contribution is 5.20. The van der Waals surface area contributed by atoms with Crippen molar-refractivity contribution in [3.05, 3.63) is 40.7 Å². The fraction of sp³-hybridized carbons (Fsp3) is 0.333. The fourth-order valence-electron chi connectivity index (χ4n) is 0.995. The standard InChI is InChI=1S/C9H10F2N/c1-12-6-5-7-8(10)3-2-4-9(7)11/h2-4H,5-6H2,1H3/q-1. The first-order valence-corrected chi connectivity index (χ1v) is 3.74. The first kappa shape index (κ1) is 9.13. The lowest BCUT2D eigenvalue weighted by atomic mass is 10.1. The Morgan fingerprint density at radius 1 is 1.25 bits per heavy atom. The minimum Gasteiger partial charge on any atom is -0.665 e. The smallest absolute Gasteiger partial charge is 0.129 e. The molecule has 0 bridgehead atoms. The van der Waals surface area contributed by atoms with E-state index in [-0.39, 0.29) is 5.56 Å². The van der Waals surface area contributed by atoms with Gasteiger partial charge in [-0.05, 0) is 18.6 Å². The Bertz CT molecular complexity index is 240. The molecule has 0 aliphatic carbocycles. The lowest BCUT2D eigenvalue weighted by Gasteiger charge is -2.11. The number of rotatable bonds is 3. The molecule has 1 aromatic carbocycles. The molecule has 0 amide bonds. The van der Waals surface area contributed by atoms with Gasteiger partial charge in [0.05, 0.1) is 0 Å². The van der Waals surface area contributed by atoms with Crippen LogP contribution < -0.4 is 0 Å². The van der Waals surface area contributed by atoms with Crippen LogP contribution in [0.4, 0.5) is 8.78 Å². The van der Waals surface area contributed by atoms with Gasteiger partial charge in [0.2, 0.25) is 0 Å². The van der Waals surface area contributed by atoms with Crippen molar-refractivity contribution in [2.75, 3.05) is 13.6 Å². The van der Waals surface area contributed by atoms with Gasteiger partial charge in [0.15, 0.2) is 0 Å². The Labute approximate surface area is 70.4 Å². The molecule has 66 valence electrons. The zero-order valence-electron chi connectivity index (χ0n) is 6.85. The molecule has 1 rings (SSSR count). The monoisotopic (exact) mass is 170 g/mol. The summed E-state index contributed by atoms with van der Waals surface area (Å²) in [5.41, 5.74) is 0.128. The van der Waals surface area contributed by atoms with Crippen molar-refractivity contribution in [1.29, 1.82) is 0 Å². The molecule has 3 heteroatoms. The molecular formula is C9H10F2N-. The van der Waals surface area contributed by atoms with Crippen LogP contribution in [0.25, 0.3) is 5.32 Å². The van der Waals surface area contributed by atoms with Crippen molar-refractivity contribution in [3.63, 3.8) is 0 Å². The average Bonchev–Trinajstić information content (AvgIpc) is 2.04. The van der Waals surface area contributed by atoms with Crippen LogP contribution in [-0.2, 0) is 6.42 Å².